The maximum absolute atomic E-state index is 13.4. The number of ether oxygens (including phenoxy) is 3. The summed E-state index contributed by atoms with van der Waals surface area (Å²) in [6.45, 7) is 2.54. The predicted molar refractivity (Wildman–Crippen MR) is 169 cm³/mol. The van der Waals surface area contributed by atoms with Gasteiger partial charge in [0.05, 0.1) is 32.8 Å². The van der Waals surface area contributed by atoms with Crippen LogP contribution in [-0.2, 0) is 11.3 Å². The summed E-state index contributed by atoms with van der Waals surface area (Å²) in [5.74, 6) is -0.689. The Kier molecular flexibility index (Phi) is 17.2. The highest BCUT2D eigenvalue weighted by Crippen LogP contribution is 2.36. The van der Waals surface area contributed by atoms with Crippen LogP contribution in [0.1, 0.15) is 131 Å². The van der Waals surface area contributed by atoms with Gasteiger partial charge >= 0.3 is 5.97 Å². The third-order valence-corrected chi connectivity index (χ3v) is 7.92. The van der Waals surface area contributed by atoms with E-state index in [2.05, 4.69) is 12.2 Å². The molecule has 0 aliphatic rings. The van der Waals surface area contributed by atoms with E-state index in [0.29, 0.717) is 23.5 Å². The number of unbranched alkanes of at least 4 members (excludes halogenated alkanes) is 13. The second-order valence-corrected chi connectivity index (χ2v) is 11.1. The van der Waals surface area contributed by atoms with E-state index in [1.807, 2.05) is 24.3 Å². The average molecular weight is 584 g/mol. The van der Waals surface area contributed by atoms with Crippen LogP contribution < -0.4 is 19.5 Å². The molecule has 0 saturated carbocycles. The fourth-order valence-electron chi connectivity index (χ4n) is 5.38. The molecule has 2 N–H and O–H groups in total. The number of hydrogen-bond donors (Lipinski definition) is 2. The number of aliphatic carboxylic acids is 1. The van der Waals surface area contributed by atoms with Crippen molar-refractivity contribution in [3.63, 3.8) is 0 Å². The van der Waals surface area contributed by atoms with Gasteiger partial charge in [0, 0.05) is 12.6 Å². The number of benzene rings is 2. The molecule has 0 heterocycles. The van der Waals surface area contributed by atoms with Crippen molar-refractivity contribution >= 4 is 11.9 Å². The van der Waals surface area contributed by atoms with E-state index in [1.165, 1.54) is 84.8 Å². The number of methoxy groups -OCH3 is 3. The highest BCUT2D eigenvalue weighted by atomic mass is 16.5. The lowest BCUT2D eigenvalue weighted by Crippen LogP contribution is -2.26. The fourth-order valence-corrected chi connectivity index (χ4v) is 5.38. The smallest absolute Gasteiger partial charge is 0.311 e. The summed E-state index contributed by atoms with van der Waals surface area (Å²) < 4.78 is 16.2. The molecule has 0 aliphatic heterocycles. The molecule has 2 aromatic rings. The molecule has 7 heteroatoms. The fraction of sp³-hybridized carbons (Fsp3) is 0.600. The van der Waals surface area contributed by atoms with Gasteiger partial charge in [0.2, 0.25) is 0 Å². The minimum Gasteiger partial charge on any atom is -0.497 e. The van der Waals surface area contributed by atoms with Gasteiger partial charge in [-0.25, -0.2) is 0 Å². The van der Waals surface area contributed by atoms with Gasteiger partial charge in [-0.15, -0.1) is 0 Å². The first-order valence-corrected chi connectivity index (χ1v) is 15.8. The summed E-state index contributed by atoms with van der Waals surface area (Å²) >= 11 is 0. The van der Waals surface area contributed by atoms with Crippen LogP contribution in [0.5, 0.6) is 17.2 Å². The van der Waals surface area contributed by atoms with Crippen molar-refractivity contribution in [1.82, 2.24) is 5.32 Å². The van der Waals surface area contributed by atoms with Crippen molar-refractivity contribution in [2.24, 2.45) is 0 Å². The Hall–Kier alpha value is -3.22. The second-order valence-electron chi connectivity index (χ2n) is 11.1. The van der Waals surface area contributed by atoms with Crippen molar-refractivity contribution in [2.75, 3.05) is 21.3 Å². The van der Waals surface area contributed by atoms with Crippen molar-refractivity contribution < 1.29 is 28.9 Å². The molecule has 1 atom stereocenters. The van der Waals surface area contributed by atoms with Gasteiger partial charge < -0.3 is 24.6 Å². The van der Waals surface area contributed by atoms with Crippen LogP contribution >= 0.6 is 0 Å². The van der Waals surface area contributed by atoms with E-state index in [0.717, 1.165) is 30.6 Å². The van der Waals surface area contributed by atoms with E-state index in [1.54, 1.807) is 19.2 Å². The van der Waals surface area contributed by atoms with Gasteiger partial charge in [-0.1, -0.05) is 109 Å². The topological polar surface area (TPSA) is 94.1 Å². The van der Waals surface area contributed by atoms with E-state index in [9.17, 15) is 14.7 Å². The monoisotopic (exact) mass is 583 g/mol. The molecule has 42 heavy (non-hydrogen) atoms. The number of amides is 1. The summed E-state index contributed by atoms with van der Waals surface area (Å²) in [6, 6.07) is 10.7. The molecule has 0 aromatic heterocycles. The molecular formula is C35H53NO6. The molecule has 0 saturated heterocycles. The second kappa shape index (κ2) is 20.6. The minimum absolute atomic E-state index is 0.240. The van der Waals surface area contributed by atoms with Gasteiger partial charge in [0.1, 0.15) is 17.2 Å². The third-order valence-electron chi connectivity index (χ3n) is 7.92. The van der Waals surface area contributed by atoms with Gasteiger partial charge in [0.15, 0.2) is 0 Å². The third kappa shape index (κ3) is 12.3. The lowest BCUT2D eigenvalue weighted by Gasteiger charge is -2.20. The number of carboxylic acids is 1. The number of rotatable bonds is 23. The molecule has 7 nitrogen and oxygen atoms in total. The Morgan fingerprint density at radius 3 is 1.71 bits per heavy atom. The molecule has 2 rings (SSSR count). The van der Waals surface area contributed by atoms with Crippen LogP contribution in [0.3, 0.4) is 0 Å². The van der Waals surface area contributed by atoms with Gasteiger partial charge in [-0.05, 0) is 35.7 Å². The zero-order chi connectivity index (χ0) is 30.6. The standard InChI is InChI=1S/C35H53NO6/c1-5-6-7-8-9-10-11-12-13-14-15-16-17-18-19-30(35(38)39)31-24-29(41-3)25-32(42-4)33(31)34(37)36-26-27-20-22-28(40-2)23-21-27/h20-25,30H,5-19,26H2,1-4H3,(H,36,37)(H,38,39). The van der Waals surface area contributed by atoms with Gasteiger partial charge in [-0.3, -0.25) is 9.59 Å². The molecule has 234 valence electrons. The zero-order valence-corrected chi connectivity index (χ0v) is 26.3. The van der Waals surface area contributed by atoms with Crippen LogP contribution in [0.15, 0.2) is 36.4 Å². The molecule has 1 unspecified atom stereocenters. The summed E-state index contributed by atoms with van der Waals surface area (Å²) in [6.07, 6.45) is 17.8. The maximum atomic E-state index is 13.4. The molecule has 0 bridgehead atoms. The highest BCUT2D eigenvalue weighted by Gasteiger charge is 2.29. The lowest BCUT2D eigenvalue weighted by molar-refractivity contribution is -0.139. The van der Waals surface area contributed by atoms with Gasteiger partial charge in [-0.2, -0.15) is 0 Å². The molecule has 0 fully saturated rings. The molecule has 2 aromatic carbocycles. The number of carbonyl (C=O) groups is 2. The normalized spacial score (nSPS) is 11.6. The van der Waals surface area contributed by atoms with Crippen molar-refractivity contribution in [1.29, 1.82) is 0 Å². The molecule has 0 radical (unpaired) electrons. The van der Waals surface area contributed by atoms with E-state index < -0.39 is 11.9 Å². The average Bonchev–Trinajstić information content (AvgIpc) is 3.01. The maximum Gasteiger partial charge on any atom is 0.311 e. The Balaban J connectivity index is 1.92. The van der Waals surface area contributed by atoms with Crippen molar-refractivity contribution in [3.05, 3.63) is 53.1 Å². The Morgan fingerprint density at radius 1 is 0.714 bits per heavy atom. The van der Waals surface area contributed by atoms with Crippen LogP contribution in [-0.4, -0.2) is 38.3 Å². The van der Waals surface area contributed by atoms with E-state index in [4.69, 9.17) is 14.2 Å². The minimum atomic E-state index is -0.954. The first-order chi connectivity index (χ1) is 20.4. The number of carboxylic acid groups (broad SMARTS) is 1. The van der Waals surface area contributed by atoms with E-state index >= 15 is 0 Å². The van der Waals surface area contributed by atoms with E-state index in [-0.39, 0.29) is 18.0 Å². The van der Waals surface area contributed by atoms with Gasteiger partial charge in [0.25, 0.3) is 5.91 Å². The Labute approximate surface area is 253 Å². The quantitative estimate of drug-likeness (QED) is 0.127. The Bertz CT molecular complexity index is 1050. The van der Waals surface area contributed by atoms with Crippen LogP contribution in [0.2, 0.25) is 0 Å². The van der Waals surface area contributed by atoms with Crippen LogP contribution in [0.25, 0.3) is 0 Å². The van der Waals surface area contributed by atoms with Crippen LogP contribution in [0.4, 0.5) is 0 Å². The highest BCUT2D eigenvalue weighted by molar-refractivity contribution is 6.00. The van der Waals surface area contributed by atoms with Crippen LogP contribution in [0, 0.1) is 0 Å². The SMILES string of the molecule is CCCCCCCCCCCCCCCCC(C(=O)O)c1cc(OC)cc(OC)c1C(=O)NCc1ccc(OC)cc1. The van der Waals surface area contributed by atoms with Crippen molar-refractivity contribution in [3.8, 4) is 17.2 Å². The number of hydrogen-bond acceptors (Lipinski definition) is 5. The predicted octanol–water partition coefficient (Wildman–Crippen LogP) is 8.68. The Morgan fingerprint density at radius 2 is 1.24 bits per heavy atom. The largest absolute Gasteiger partial charge is 0.497 e. The first kappa shape index (κ1) is 35.0. The van der Waals surface area contributed by atoms with Crippen molar-refractivity contribution in [2.45, 2.75) is 116 Å². The number of nitrogens with one attached hydrogen (secondary N) is 1. The number of carbonyl (C=O) groups excluding carboxylic acids is 1. The molecule has 0 spiro atoms. The zero-order valence-electron chi connectivity index (χ0n) is 26.3. The molecular weight excluding hydrogens is 530 g/mol. The molecule has 1 amide bonds. The lowest BCUT2D eigenvalue weighted by atomic mass is 9.88. The molecule has 0 aliphatic carbocycles. The summed E-state index contributed by atoms with van der Waals surface area (Å²) in [7, 11) is 4.60. The summed E-state index contributed by atoms with van der Waals surface area (Å²) in [5.41, 5.74) is 1.56. The summed E-state index contributed by atoms with van der Waals surface area (Å²) in [5, 5.41) is 13.1. The first-order valence-electron chi connectivity index (χ1n) is 15.8. The summed E-state index contributed by atoms with van der Waals surface area (Å²) in [4.78, 5) is 25.9.